The number of rotatable bonds is 20. The molecule has 2 aromatic carbocycles. The number of hydrogen-bond donors (Lipinski definition) is 4. The summed E-state index contributed by atoms with van der Waals surface area (Å²) in [5, 5.41) is 15.9. The van der Waals surface area contributed by atoms with Crippen molar-refractivity contribution in [2.24, 2.45) is 0 Å². The molecule has 0 radical (unpaired) electrons. The van der Waals surface area contributed by atoms with Gasteiger partial charge in [-0.2, -0.15) is 4.57 Å². The molecular formula is C45H66N5O8+. The highest BCUT2D eigenvalue weighted by Crippen LogP contribution is 2.41. The topological polar surface area (TPSA) is 126 Å². The smallest absolute Gasteiger partial charge is 0.213 e. The Hall–Kier alpha value is -3.27. The van der Waals surface area contributed by atoms with E-state index in [1.165, 1.54) is 11.1 Å². The van der Waals surface area contributed by atoms with Crippen LogP contribution in [0.15, 0.2) is 36.5 Å². The standard InChI is InChI=1S/C45H66N5O8/c1(5-35-28-46-12-21-51-35)17-55-42-10-9-33-25-41-39-27-44(57-19-3-7-37-30-48-14-23-53-37)43(56-18-2-6-36-29-47-13-22-52-36)26-34(39)11-16-50(41)32-40(33)45(42)58-20-4-8-38-31-49-15-24-54-38/h9-10,25-27,32,35-38,46-49H,1-8,11-24,28-31H2/q+1. The largest absolute Gasteiger partial charge is 0.490 e. The van der Waals surface area contributed by atoms with Gasteiger partial charge in [0.05, 0.1) is 88.2 Å². The predicted molar refractivity (Wildman–Crippen MR) is 223 cm³/mol. The highest BCUT2D eigenvalue weighted by molar-refractivity contribution is 5.91. The van der Waals surface area contributed by atoms with Crippen LogP contribution in [-0.2, 0) is 31.9 Å². The highest BCUT2D eigenvalue weighted by atomic mass is 16.5. The lowest BCUT2D eigenvalue weighted by atomic mass is 9.95. The summed E-state index contributed by atoms with van der Waals surface area (Å²) in [6, 6.07) is 11.0. The van der Waals surface area contributed by atoms with Crippen molar-refractivity contribution in [1.82, 2.24) is 21.3 Å². The first-order valence-electron chi connectivity index (χ1n) is 22.2. The van der Waals surface area contributed by atoms with E-state index < -0.39 is 0 Å². The number of pyridine rings is 1. The van der Waals surface area contributed by atoms with Crippen LogP contribution in [0.2, 0.25) is 0 Å². The van der Waals surface area contributed by atoms with E-state index in [1.807, 2.05) is 0 Å². The third-order valence-corrected chi connectivity index (χ3v) is 11.9. The summed E-state index contributed by atoms with van der Waals surface area (Å²) in [7, 11) is 0. The number of nitrogens with one attached hydrogen (secondary N) is 4. The molecule has 0 saturated carbocycles. The lowest BCUT2D eigenvalue weighted by Gasteiger charge is -2.24. The number of morpholine rings is 4. The first kappa shape index (κ1) is 41.5. The van der Waals surface area contributed by atoms with Crippen molar-refractivity contribution in [2.75, 3.05) is 105 Å². The molecule has 8 rings (SSSR count). The molecule has 1 aromatic heterocycles. The molecule has 4 saturated heterocycles. The minimum absolute atomic E-state index is 0.233. The van der Waals surface area contributed by atoms with Crippen LogP contribution >= 0.6 is 0 Å². The molecule has 0 spiro atoms. The van der Waals surface area contributed by atoms with E-state index in [0.717, 1.165) is 183 Å². The zero-order valence-electron chi connectivity index (χ0n) is 34.4. The van der Waals surface area contributed by atoms with Gasteiger partial charge in [-0.25, -0.2) is 0 Å². The monoisotopic (exact) mass is 804 g/mol. The molecule has 5 aliphatic heterocycles. The van der Waals surface area contributed by atoms with Crippen LogP contribution in [0, 0.1) is 0 Å². The van der Waals surface area contributed by atoms with Crippen LogP contribution in [-0.4, -0.2) is 130 Å². The number of hydrogen-bond acceptors (Lipinski definition) is 12. The normalized spacial score (nSPS) is 23.5. The number of benzene rings is 2. The third kappa shape index (κ3) is 11.5. The Balaban J connectivity index is 0.998. The quantitative estimate of drug-likeness (QED) is 0.0978. The Morgan fingerprint density at radius 3 is 1.53 bits per heavy atom. The van der Waals surface area contributed by atoms with Crippen molar-refractivity contribution in [3.05, 3.63) is 42.1 Å². The van der Waals surface area contributed by atoms with E-state index in [4.69, 9.17) is 37.9 Å². The van der Waals surface area contributed by atoms with Crippen LogP contribution in [0.25, 0.3) is 22.0 Å². The molecule has 58 heavy (non-hydrogen) atoms. The lowest BCUT2D eigenvalue weighted by molar-refractivity contribution is -0.686. The van der Waals surface area contributed by atoms with Crippen LogP contribution < -0.4 is 44.8 Å². The van der Waals surface area contributed by atoms with Gasteiger partial charge in [0.25, 0.3) is 0 Å². The average Bonchev–Trinajstić information content (AvgIpc) is 3.28. The maximum atomic E-state index is 6.66. The van der Waals surface area contributed by atoms with Crippen molar-refractivity contribution < 1.29 is 42.5 Å². The molecule has 4 atom stereocenters. The summed E-state index contributed by atoms with van der Waals surface area (Å²) in [6.07, 6.45) is 11.6. The maximum absolute atomic E-state index is 6.66. The summed E-state index contributed by atoms with van der Waals surface area (Å²) in [5.74, 6) is 3.23. The molecule has 4 unspecified atom stereocenters. The second kappa shape index (κ2) is 21.8. The van der Waals surface area contributed by atoms with Crippen molar-refractivity contribution in [3.63, 3.8) is 0 Å². The summed E-state index contributed by atoms with van der Waals surface area (Å²) in [6.45, 7) is 13.7. The molecule has 0 aliphatic carbocycles. The Morgan fingerprint density at radius 2 is 1.03 bits per heavy atom. The number of fused-ring (bicyclic) bond motifs is 4. The van der Waals surface area contributed by atoms with Gasteiger partial charge in [-0.1, -0.05) is 0 Å². The summed E-state index contributed by atoms with van der Waals surface area (Å²) >= 11 is 0. The first-order chi connectivity index (χ1) is 28.8. The van der Waals surface area contributed by atoms with Crippen LogP contribution in [0.5, 0.6) is 23.0 Å². The number of aryl methyl sites for hydroxylation is 2. The van der Waals surface area contributed by atoms with E-state index in [-0.39, 0.29) is 24.4 Å². The number of nitrogens with zero attached hydrogens (tertiary/aromatic N) is 1. The molecule has 13 heteroatoms. The molecule has 4 fully saturated rings. The van der Waals surface area contributed by atoms with Crippen molar-refractivity contribution in [1.29, 1.82) is 0 Å². The number of ether oxygens (including phenoxy) is 8. The van der Waals surface area contributed by atoms with E-state index in [2.05, 4.69) is 62.4 Å². The molecule has 3 aromatic rings. The Labute approximate surface area is 344 Å². The summed E-state index contributed by atoms with van der Waals surface area (Å²) in [5.41, 5.74) is 3.62. The predicted octanol–water partition coefficient (Wildman–Crippen LogP) is 3.94. The average molecular weight is 805 g/mol. The van der Waals surface area contributed by atoms with Crippen molar-refractivity contribution >= 4 is 10.8 Å². The second-order valence-electron chi connectivity index (χ2n) is 16.2. The van der Waals surface area contributed by atoms with E-state index in [0.29, 0.717) is 26.4 Å². The Morgan fingerprint density at radius 1 is 0.552 bits per heavy atom. The Kier molecular flexibility index (Phi) is 15.6. The Bertz CT molecular complexity index is 1720. The molecule has 318 valence electrons. The molecule has 4 N–H and O–H groups in total. The van der Waals surface area contributed by atoms with Gasteiger partial charge >= 0.3 is 0 Å². The van der Waals surface area contributed by atoms with Crippen LogP contribution in [0.3, 0.4) is 0 Å². The van der Waals surface area contributed by atoms with Crippen LogP contribution in [0.4, 0.5) is 0 Å². The zero-order valence-corrected chi connectivity index (χ0v) is 34.4. The zero-order chi connectivity index (χ0) is 39.2. The van der Waals surface area contributed by atoms with Crippen molar-refractivity contribution in [3.8, 4) is 34.3 Å². The van der Waals surface area contributed by atoms with Crippen LogP contribution in [0.1, 0.15) is 56.9 Å². The van der Waals surface area contributed by atoms with E-state index >= 15 is 0 Å². The van der Waals surface area contributed by atoms with Gasteiger partial charge in [-0.3, -0.25) is 0 Å². The minimum atomic E-state index is 0.233. The fourth-order valence-electron chi connectivity index (χ4n) is 8.69. The molecule has 6 heterocycles. The van der Waals surface area contributed by atoms with Gasteiger partial charge in [0.2, 0.25) is 5.69 Å². The molecule has 0 bridgehead atoms. The number of aromatic nitrogens is 1. The van der Waals surface area contributed by atoms with E-state index in [1.54, 1.807) is 0 Å². The fourth-order valence-corrected chi connectivity index (χ4v) is 8.69. The van der Waals surface area contributed by atoms with Gasteiger partial charge in [0, 0.05) is 64.8 Å². The van der Waals surface area contributed by atoms with Gasteiger partial charge < -0.3 is 59.2 Å². The maximum Gasteiger partial charge on any atom is 0.213 e. The van der Waals surface area contributed by atoms with Crippen molar-refractivity contribution in [2.45, 2.75) is 88.7 Å². The third-order valence-electron chi connectivity index (χ3n) is 11.9. The lowest BCUT2D eigenvalue weighted by Crippen LogP contribution is -2.40. The molecule has 0 amide bonds. The molecule has 13 nitrogen and oxygen atoms in total. The second-order valence-corrected chi connectivity index (χ2v) is 16.2. The minimum Gasteiger partial charge on any atom is -0.490 e. The van der Waals surface area contributed by atoms with Gasteiger partial charge in [-0.05, 0) is 86.6 Å². The van der Waals surface area contributed by atoms with E-state index in [9.17, 15) is 0 Å². The fraction of sp³-hybridized carbons (Fsp3) is 0.667. The first-order valence-corrected chi connectivity index (χ1v) is 22.2. The molecule has 5 aliphatic rings. The van der Waals surface area contributed by atoms with Gasteiger partial charge in [0.15, 0.2) is 35.7 Å². The highest BCUT2D eigenvalue weighted by Gasteiger charge is 2.28. The van der Waals surface area contributed by atoms with Gasteiger partial charge in [0.1, 0.15) is 0 Å². The SMILES string of the molecule is c1c2c(cc(OCCCC3CNCCO3)c1OCCCC1CNCCO1)-c1cc3ccc(OCCCC4CNCCO4)c(OCCCC4CNCCO4)c3c[n+]1CC2. The summed E-state index contributed by atoms with van der Waals surface area (Å²) < 4.78 is 52.3. The van der Waals surface area contributed by atoms with Gasteiger partial charge in [-0.15, -0.1) is 0 Å². The summed E-state index contributed by atoms with van der Waals surface area (Å²) in [4.78, 5) is 0. The molecular weight excluding hydrogens is 739 g/mol.